The highest BCUT2D eigenvalue weighted by molar-refractivity contribution is 6.17. The lowest BCUT2D eigenvalue weighted by Crippen LogP contribution is -2.39. The van der Waals surface area contributed by atoms with Crippen molar-refractivity contribution in [3.63, 3.8) is 0 Å². The predicted octanol–water partition coefficient (Wildman–Crippen LogP) is 6.16. The van der Waals surface area contributed by atoms with Crippen LogP contribution in [0.5, 0.6) is 11.5 Å². The normalized spacial score (nSPS) is 27.1. The number of ether oxygens (including phenoxy) is 3. The van der Waals surface area contributed by atoms with Crippen molar-refractivity contribution in [1.82, 2.24) is 0 Å². The molecule has 1 aliphatic carbocycles. The molecule has 0 radical (unpaired) electrons. The molecule has 0 aromatic heterocycles. The molecule has 1 aromatic rings. The zero-order valence-electron chi connectivity index (χ0n) is 16.5. The van der Waals surface area contributed by atoms with E-state index < -0.39 is 0 Å². The predicted molar refractivity (Wildman–Crippen MR) is 107 cm³/mol. The lowest BCUT2D eigenvalue weighted by Gasteiger charge is -2.43. The Morgan fingerprint density at radius 1 is 1.12 bits per heavy atom. The molecular formula is C22H33ClO3. The van der Waals surface area contributed by atoms with Crippen molar-refractivity contribution in [3.05, 3.63) is 23.3 Å². The topological polar surface area (TPSA) is 27.7 Å². The van der Waals surface area contributed by atoms with Crippen molar-refractivity contribution in [3.8, 4) is 11.5 Å². The molecule has 1 heterocycles. The van der Waals surface area contributed by atoms with Gasteiger partial charge in [-0.25, -0.2) is 0 Å². The summed E-state index contributed by atoms with van der Waals surface area (Å²) in [6, 6.07) is 4.44. The van der Waals surface area contributed by atoms with Gasteiger partial charge in [-0.05, 0) is 68.7 Å². The fourth-order valence-electron chi connectivity index (χ4n) is 4.41. The maximum absolute atomic E-state index is 6.65. The first-order chi connectivity index (χ1) is 12.6. The monoisotopic (exact) mass is 380 g/mol. The summed E-state index contributed by atoms with van der Waals surface area (Å²) in [5, 5.41) is 0. The van der Waals surface area contributed by atoms with Crippen LogP contribution >= 0.6 is 11.6 Å². The van der Waals surface area contributed by atoms with Gasteiger partial charge in [-0.3, -0.25) is 0 Å². The van der Waals surface area contributed by atoms with Gasteiger partial charge in [-0.15, -0.1) is 11.6 Å². The van der Waals surface area contributed by atoms with E-state index in [1.54, 1.807) is 0 Å². The van der Waals surface area contributed by atoms with Crippen molar-refractivity contribution in [2.45, 2.75) is 83.3 Å². The Hall–Kier alpha value is -0.930. The molecule has 0 spiro atoms. The minimum Gasteiger partial charge on any atom is -0.490 e. The van der Waals surface area contributed by atoms with Crippen molar-refractivity contribution < 1.29 is 14.2 Å². The average molecular weight is 381 g/mol. The van der Waals surface area contributed by atoms with Crippen molar-refractivity contribution in [2.75, 3.05) is 19.1 Å². The molecule has 3 nitrogen and oxygen atoms in total. The van der Waals surface area contributed by atoms with Crippen LogP contribution in [0.2, 0.25) is 0 Å². The Balaban J connectivity index is 2.03. The fourth-order valence-corrected chi connectivity index (χ4v) is 4.54. The number of hydrogen-bond donors (Lipinski definition) is 0. The molecule has 3 unspecified atom stereocenters. The second-order valence-electron chi connectivity index (χ2n) is 7.80. The van der Waals surface area contributed by atoms with Gasteiger partial charge in [0.25, 0.3) is 0 Å². The van der Waals surface area contributed by atoms with E-state index >= 15 is 0 Å². The lowest BCUT2D eigenvalue weighted by molar-refractivity contribution is -0.109. The van der Waals surface area contributed by atoms with E-state index in [0.717, 1.165) is 50.2 Å². The van der Waals surface area contributed by atoms with Gasteiger partial charge < -0.3 is 14.2 Å². The molecule has 3 rings (SSSR count). The molecule has 3 atom stereocenters. The van der Waals surface area contributed by atoms with Crippen LogP contribution in [-0.2, 0) is 10.3 Å². The van der Waals surface area contributed by atoms with Gasteiger partial charge in [0.2, 0.25) is 0 Å². The van der Waals surface area contributed by atoms with E-state index in [1.165, 1.54) is 24.0 Å². The van der Waals surface area contributed by atoms with E-state index in [9.17, 15) is 0 Å². The molecule has 1 aromatic carbocycles. The molecule has 0 saturated heterocycles. The fraction of sp³-hybridized carbons (Fsp3) is 0.727. The van der Waals surface area contributed by atoms with E-state index in [-0.39, 0.29) is 5.60 Å². The van der Waals surface area contributed by atoms with E-state index in [1.807, 2.05) is 0 Å². The highest BCUT2D eigenvalue weighted by Gasteiger charge is 2.45. The summed E-state index contributed by atoms with van der Waals surface area (Å²) < 4.78 is 18.8. The first kappa shape index (κ1) is 19.8. The minimum absolute atomic E-state index is 0.288. The summed E-state index contributed by atoms with van der Waals surface area (Å²) in [6.45, 7) is 7.90. The summed E-state index contributed by atoms with van der Waals surface area (Å²) in [4.78, 5) is 0. The number of benzene rings is 1. The molecule has 0 bridgehead atoms. The Labute approximate surface area is 163 Å². The lowest BCUT2D eigenvalue weighted by atomic mass is 9.78. The van der Waals surface area contributed by atoms with Crippen LogP contribution in [0.1, 0.15) is 82.8 Å². The van der Waals surface area contributed by atoms with Crippen LogP contribution < -0.4 is 9.47 Å². The van der Waals surface area contributed by atoms with Crippen LogP contribution in [0.15, 0.2) is 12.1 Å². The maximum atomic E-state index is 6.65. The standard InChI is InChI=1S/C22H33ClO3/c1-4-12-24-20-14-17-16-8-6-9-19(16)26-22(3,10-7-11-23)18(17)15-21(20)25-13-5-2/h14-16,19H,4-13H2,1-3H3. The van der Waals surface area contributed by atoms with Gasteiger partial charge >= 0.3 is 0 Å². The smallest absolute Gasteiger partial charge is 0.161 e. The van der Waals surface area contributed by atoms with E-state index in [0.29, 0.717) is 24.5 Å². The summed E-state index contributed by atoms with van der Waals surface area (Å²) in [7, 11) is 0. The second-order valence-corrected chi connectivity index (χ2v) is 8.18. The average Bonchev–Trinajstić information content (AvgIpc) is 3.11. The number of fused-ring (bicyclic) bond motifs is 3. The quantitative estimate of drug-likeness (QED) is 0.480. The summed E-state index contributed by atoms with van der Waals surface area (Å²) in [5.41, 5.74) is 2.40. The van der Waals surface area contributed by atoms with Gasteiger partial charge in [0.1, 0.15) is 0 Å². The molecule has 1 saturated carbocycles. The molecule has 0 N–H and O–H groups in total. The second kappa shape index (κ2) is 8.84. The highest BCUT2D eigenvalue weighted by atomic mass is 35.5. The summed E-state index contributed by atoms with van der Waals surface area (Å²) in [6.07, 6.45) is 7.78. The molecule has 4 heteroatoms. The van der Waals surface area contributed by atoms with E-state index in [2.05, 4.69) is 32.9 Å². The first-order valence-electron chi connectivity index (χ1n) is 10.3. The Morgan fingerprint density at radius 3 is 2.46 bits per heavy atom. The minimum atomic E-state index is -0.288. The van der Waals surface area contributed by atoms with Crippen LogP contribution in [-0.4, -0.2) is 25.2 Å². The number of halogens is 1. The maximum Gasteiger partial charge on any atom is 0.161 e. The summed E-state index contributed by atoms with van der Waals surface area (Å²) >= 11 is 6.00. The molecule has 26 heavy (non-hydrogen) atoms. The number of alkyl halides is 1. The zero-order valence-corrected chi connectivity index (χ0v) is 17.2. The zero-order chi connectivity index (χ0) is 18.6. The van der Waals surface area contributed by atoms with Crippen LogP contribution in [0.25, 0.3) is 0 Å². The number of hydrogen-bond acceptors (Lipinski definition) is 3. The van der Waals surface area contributed by atoms with Crippen LogP contribution in [0.4, 0.5) is 0 Å². The SMILES string of the molecule is CCCOc1cc2c(cc1OCCC)C(C)(CCCCl)OC1CCCC21. The van der Waals surface area contributed by atoms with Crippen molar-refractivity contribution in [2.24, 2.45) is 0 Å². The van der Waals surface area contributed by atoms with Crippen LogP contribution in [0.3, 0.4) is 0 Å². The third-order valence-corrected chi connectivity index (χ3v) is 5.93. The molecule has 1 aliphatic heterocycles. The molecular weight excluding hydrogens is 348 g/mol. The molecule has 1 fully saturated rings. The third kappa shape index (κ3) is 3.99. The van der Waals surface area contributed by atoms with Gasteiger partial charge in [0.15, 0.2) is 11.5 Å². The first-order valence-corrected chi connectivity index (χ1v) is 10.8. The van der Waals surface area contributed by atoms with Gasteiger partial charge in [0.05, 0.1) is 24.9 Å². The van der Waals surface area contributed by atoms with Gasteiger partial charge in [-0.1, -0.05) is 20.3 Å². The highest BCUT2D eigenvalue weighted by Crippen LogP contribution is 2.52. The van der Waals surface area contributed by atoms with Gasteiger partial charge in [0, 0.05) is 11.8 Å². The molecule has 0 amide bonds. The molecule has 146 valence electrons. The third-order valence-electron chi connectivity index (χ3n) is 5.66. The van der Waals surface area contributed by atoms with E-state index in [4.69, 9.17) is 25.8 Å². The van der Waals surface area contributed by atoms with Crippen molar-refractivity contribution >= 4 is 11.6 Å². The Kier molecular flexibility index (Phi) is 6.74. The van der Waals surface area contributed by atoms with Crippen molar-refractivity contribution in [1.29, 1.82) is 0 Å². The molecule has 2 aliphatic rings. The Bertz CT molecular complexity index is 603. The number of rotatable bonds is 9. The van der Waals surface area contributed by atoms with Gasteiger partial charge in [-0.2, -0.15) is 0 Å². The summed E-state index contributed by atoms with van der Waals surface area (Å²) in [5.74, 6) is 2.90. The largest absolute Gasteiger partial charge is 0.490 e. The van der Waals surface area contributed by atoms with Crippen LogP contribution in [0, 0.1) is 0 Å². The Morgan fingerprint density at radius 2 is 1.81 bits per heavy atom.